The average molecular weight is 1670 g/mol. The van der Waals surface area contributed by atoms with Crippen molar-refractivity contribution in [1.82, 2.24) is 69.1 Å². The quantitative estimate of drug-likeness (QED) is 0.0167. The summed E-state index contributed by atoms with van der Waals surface area (Å²) in [6, 6.07) is -7.28. The minimum absolute atomic E-state index is 0.00803. The lowest BCUT2D eigenvalue weighted by atomic mass is 10.00. The number of carbonyl (C=O) groups excluding carboxylic acids is 12. The molecule has 2 rings (SSSR count). The van der Waals surface area contributed by atoms with Crippen LogP contribution in [0.15, 0.2) is 54.6 Å². The second-order valence-electron chi connectivity index (χ2n) is 28.2. The number of unbranched alkanes of at least 4 members (excludes halogenated alkanes) is 3. The number of nitrogens with one attached hydrogen (secondary N) is 14. The first-order chi connectivity index (χ1) is 55.8. The minimum Gasteiger partial charge on any atom is -0.508 e. The molecule has 12 amide bonds. The summed E-state index contributed by atoms with van der Waals surface area (Å²) >= 11 is 0. The third-order valence-corrected chi connectivity index (χ3v) is 17.9. The number of nitrogens with two attached hydrogens (primary N) is 5. The number of hydrogen-bond donors (Lipinski definition) is 26. The first kappa shape index (κ1) is 102. The van der Waals surface area contributed by atoms with Crippen LogP contribution in [0.2, 0.25) is 0 Å². The van der Waals surface area contributed by atoms with Crippen molar-refractivity contribution in [3.8, 4) is 5.75 Å². The first-order valence-corrected chi connectivity index (χ1v) is 38.5. The van der Waals surface area contributed by atoms with E-state index in [0.717, 1.165) is 0 Å². The lowest BCUT2D eigenvalue weighted by molar-refractivity contribution is -0.142. The SMILES string of the molecule is CC(C)C[C@H](NC(=O)[C@H](CCCCN)NC(=O)[C@H](CCC(=O)O)NC(=O)[C@@H](N)CCC(=O)O)C(=O)N[C@@H](CCC(=O)O)C(=O)N[C@@H](CCCCN)C(=O)N[C@@H](CCC(=O)O)C(=O)N[C@@H](CC(=O)O)C(=O)N[C@@H](Cc1ccccc1)C(=O)N[C@@H](Cc1ccc(O)cc1)C(=O)N[C@@H](CCCNC(=N)N)C(=O)NCC(=O)N[C@@H](CCCCN)C(=O)O. The summed E-state index contributed by atoms with van der Waals surface area (Å²) < 4.78 is 0. The Morgan fingerprint density at radius 1 is 0.356 bits per heavy atom. The third-order valence-electron chi connectivity index (χ3n) is 17.9. The van der Waals surface area contributed by atoms with Crippen LogP contribution in [0.4, 0.5) is 0 Å². The summed E-state index contributed by atoms with van der Waals surface area (Å²) in [5.74, 6) is -23.4. The van der Waals surface area contributed by atoms with E-state index in [2.05, 4.69) is 69.1 Å². The highest BCUT2D eigenvalue weighted by molar-refractivity contribution is 6.00. The largest absolute Gasteiger partial charge is 0.508 e. The van der Waals surface area contributed by atoms with Crippen molar-refractivity contribution in [2.75, 3.05) is 32.7 Å². The van der Waals surface area contributed by atoms with Gasteiger partial charge in [-0.15, -0.1) is 0 Å². The maximum absolute atomic E-state index is 14.9. The second kappa shape index (κ2) is 55.4. The fraction of sp³-hybridized carbons (Fsp3) is 0.581. The predicted octanol–water partition coefficient (Wildman–Crippen LogP) is -5.33. The van der Waals surface area contributed by atoms with E-state index in [-0.39, 0.29) is 96.1 Å². The van der Waals surface area contributed by atoms with Crippen LogP contribution in [0.25, 0.3) is 0 Å². The normalized spacial score (nSPS) is 14.0. The van der Waals surface area contributed by atoms with Crippen molar-refractivity contribution in [3.63, 3.8) is 0 Å². The number of phenols is 1. The van der Waals surface area contributed by atoms with Gasteiger partial charge in [0, 0.05) is 45.1 Å². The van der Waals surface area contributed by atoms with Crippen molar-refractivity contribution >= 4 is 113 Å². The highest BCUT2D eigenvalue weighted by Gasteiger charge is 2.38. The monoisotopic (exact) mass is 1670 g/mol. The van der Waals surface area contributed by atoms with Gasteiger partial charge in [0.15, 0.2) is 5.96 Å². The second-order valence-corrected chi connectivity index (χ2v) is 28.2. The summed E-state index contributed by atoms with van der Waals surface area (Å²) in [4.78, 5) is 242. The maximum atomic E-state index is 14.9. The van der Waals surface area contributed by atoms with Crippen molar-refractivity contribution in [2.45, 2.75) is 234 Å². The average Bonchev–Trinajstić information content (AvgIpc) is 0.845. The molecule has 0 saturated heterocycles. The Morgan fingerprint density at radius 2 is 0.686 bits per heavy atom. The molecule has 0 aliphatic carbocycles. The van der Waals surface area contributed by atoms with Gasteiger partial charge in [-0.1, -0.05) is 56.3 Å². The zero-order valence-corrected chi connectivity index (χ0v) is 65.9. The molecular formula is C74H115N19O25. The molecule has 0 unspecified atom stereocenters. The van der Waals surface area contributed by atoms with Gasteiger partial charge in [0.1, 0.15) is 72.2 Å². The molecule has 0 aliphatic heterocycles. The first-order valence-electron chi connectivity index (χ1n) is 38.5. The number of rotatable bonds is 61. The predicted molar refractivity (Wildman–Crippen MR) is 419 cm³/mol. The van der Waals surface area contributed by atoms with Gasteiger partial charge in [-0.2, -0.15) is 0 Å². The van der Waals surface area contributed by atoms with E-state index in [4.69, 9.17) is 39.2 Å². The van der Waals surface area contributed by atoms with Crippen LogP contribution in [0.3, 0.4) is 0 Å². The van der Waals surface area contributed by atoms with E-state index < -0.39 is 262 Å². The van der Waals surface area contributed by atoms with Gasteiger partial charge in [0.05, 0.1) is 19.0 Å². The molecule has 2 aromatic carbocycles. The smallest absolute Gasteiger partial charge is 0.326 e. The van der Waals surface area contributed by atoms with Crippen molar-refractivity contribution < 1.29 is 122 Å². The molecular weight excluding hydrogens is 1550 g/mol. The van der Waals surface area contributed by atoms with E-state index >= 15 is 0 Å². The number of carboxylic acids is 6. The summed E-state index contributed by atoms with van der Waals surface area (Å²) in [5.41, 5.74) is 29.0. The molecule has 0 spiro atoms. The zero-order valence-electron chi connectivity index (χ0n) is 65.9. The number of carbonyl (C=O) groups is 18. The van der Waals surface area contributed by atoms with Gasteiger partial charge in [-0.05, 0) is 152 Å². The number of carboxylic acid groups (broad SMARTS) is 6. The molecule has 12 atom stereocenters. The lowest BCUT2D eigenvalue weighted by Crippen LogP contribution is -2.61. The van der Waals surface area contributed by atoms with Gasteiger partial charge >= 0.3 is 35.8 Å². The fourth-order valence-corrected chi connectivity index (χ4v) is 11.6. The summed E-state index contributed by atoms with van der Waals surface area (Å²) in [7, 11) is 0. The van der Waals surface area contributed by atoms with Crippen LogP contribution in [0.1, 0.15) is 160 Å². The topological polar surface area (TPSA) is 759 Å². The Balaban J connectivity index is 2.66. The highest BCUT2D eigenvalue weighted by atomic mass is 16.4. The molecule has 656 valence electrons. The molecule has 0 radical (unpaired) electrons. The number of hydrogen-bond acceptors (Lipinski definition) is 24. The van der Waals surface area contributed by atoms with Gasteiger partial charge in [-0.25, -0.2) is 4.79 Å². The number of aromatic hydroxyl groups is 1. The number of benzene rings is 2. The van der Waals surface area contributed by atoms with E-state index in [1.165, 1.54) is 36.4 Å². The Bertz CT molecular complexity index is 3710. The van der Waals surface area contributed by atoms with Gasteiger partial charge < -0.3 is 134 Å². The van der Waals surface area contributed by atoms with Crippen molar-refractivity contribution in [1.29, 1.82) is 5.41 Å². The van der Waals surface area contributed by atoms with Crippen LogP contribution in [-0.2, 0) is 99.1 Å². The maximum Gasteiger partial charge on any atom is 0.326 e. The Morgan fingerprint density at radius 3 is 1.08 bits per heavy atom. The molecule has 2 aromatic rings. The van der Waals surface area contributed by atoms with Crippen LogP contribution < -0.4 is 97.8 Å². The molecule has 0 saturated carbocycles. The molecule has 0 bridgehead atoms. The van der Waals surface area contributed by atoms with Crippen molar-refractivity contribution in [2.24, 2.45) is 34.6 Å². The highest BCUT2D eigenvalue weighted by Crippen LogP contribution is 2.17. The molecule has 0 aliphatic rings. The van der Waals surface area contributed by atoms with Crippen molar-refractivity contribution in [3.05, 3.63) is 65.7 Å². The lowest BCUT2D eigenvalue weighted by Gasteiger charge is -2.28. The Kier molecular flexibility index (Phi) is 47.8. The molecule has 0 fully saturated rings. The summed E-state index contributed by atoms with van der Waals surface area (Å²) in [6.45, 7) is 2.90. The number of aliphatic carboxylic acids is 6. The van der Waals surface area contributed by atoms with E-state index in [9.17, 15) is 117 Å². The molecule has 31 N–H and O–H groups in total. The zero-order chi connectivity index (χ0) is 88.6. The Labute approximate surface area is 679 Å². The number of amides is 12. The van der Waals surface area contributed by atoms with Crippen LogP contribution in [0.5, 0.6) is 5.75 Å². The standard InChI is InChI=1S/C74H115N19O25/c1-40(2)35-52(90-65(109)47(16-7-10-32-76)87-66(110)48(24-28-58(98)99)84-62(106)44(78)23-27-57(96)97)69(113)89-49(25-29-59(100)101)67(111)86-46(15-6-9-31-75)64(108)88-50(26-30-60(102)103)68(112)93-55(38-61(104)105)72(116)92-53(36-41-13-4-3-5-14-41)71(115)91-54(37-42-19-21-43(94)22-20-42)70(114)85-45(18-12-34-81-74(79)80)63(107)82-39-56(95)83-51(73(117)118)17-8-11-33-77/h3-5,13-14,19-22,40,44-55,94H,6-12,15-18,23-39,75-78H2,1-2H3,(H,82,107)(H,83,95)(H,84,106)(H,85,114)(H,86,111)(H,87,110)(H,88,108)(H,89,113)(H,90,109)(H,91,115)(H,92,116)(H,93,112)(H,96,97)(H,98,99)(H,100,101)(H,102,103)(H,104,105)(H,117,118)(H4,79,80,81)/t44-,45-,46-,47-,48-,49-,50-,51-,52-,53-,54-,55-/m0/s1. The van der Waals surface area contributed by atoms with E-state index in [1.807, 2.05) is 0 Å². The molecule has 44 nitrogen and oxygen atoms in total. The fourth-order valence-electron chi connectivity index (χ4n) is 11.6. The van der Waals surface area contributed by atoms with Gasteiger partial charge in [0.25, 0.3) is 0 Å². The van der Waals surface area contributed by atoms with E-state index in [1.54, 1.807) is 32.0 Å². The Hall–Kier alpha value is -12.2. The van der Waals surface area contributed by atoms with Crippen LogP contribution in [-0.4, -0.2) is 254 Å². The summed E-state index contributed by atoms with van der Waals surface area (Å²) in [5, 5.41) is 107. The number of phenolic OH excluding ortho intramolecular Hbond substituents is 1. The molecule has 0 heterocycles. The summed E-state index contributed by atoms with van der Waals surface area (Å²) in [6.07, 6.45) is -6.65. The van der Waals surface area contributed by atoms with Gasteiger partial charge in [-0.3, -0.25) is 86.9 Å². The van der Waals surface area contributed by atoms with Crippen LogP contribution in [0, 0.1) is 11.3 Å². The number of guanidine groups is 1. The van der Waals surface area contributed by atoms with E-state index in [0.29, 0.717) is 30.4 Å². The van der Waals surface area contributed by atoms with Crippen LogP contribution >= 0.6 is 0 Å². The molecule has 118 heavy (non-hydrogen) atoms. The molecule has 44 heteroatoms. The third kappa shape index (κ3) is 42.4. The minimum atomic E-state index is -2.18. The van der Waals surface area contributed by atoms with Gasteiger partial charge in [0.2, 0.25) is 70.9 Å². The molecule has 0 aromatic heterocycles.